The van der Waals surface area contributed by atoms with Gasteiger partial charge in [-0.2, -0.15) is 11.8 Å². The maximum absolute atomic E-state index is 15.6. The molecule has 1 heterocycles. The molecule has 0 saturated carbocycles. The summed E-state index contributed by atoms with van der Waals surface area (Å²) < 4.78 is 0. The Labute approximate surface area is 618 Å². The van der Waals surface area contributed by atoms with E-state index in [1.54, 1.807) is 47.6 Å². The van der Waals surface area contributed by atoms with Crippen LogP contribution in [0.15, 0.2) is 12.2 Å². The standard InChI is InChI=1S/C76H140N12O13S/c1-29-31-34-52(17)64(89)63-68(93)79-55(30-2)70(95)85(26)60(44-102-38-33-32-37-88(42-48(9)10)43-49(11)12)73(98)84(25)59(41-76(20,21)101)67(92)80-61(50(13)14)74(99)81(22)56(36-35-45(3)4)66(91)77-53(18)65(90)78-54(19)69(94)82(23)57(39-46(5)6)71(96)83(24)58(40-47(7)8)72(97)86(27)62(51(15)16)75(100)87(63)28/h29,31,45-64,89,101H,30,32-44H2,1-28H3,(H,77,91)(H,78,90)(H,79,93)(H,80,92)/b31-29+/t52-,53-,54+,55-,56-,57+,58-,59+,60-,61-,62-,63+,64-/m1/s1. The molecule has 25 nitrogen and oxygen atoms in total. The van der Waals surface area contributed by atoms with Crippen molar-refractivity contribution in [3.63, 3.8) is 0 Å². The Morgan fingerprint density at radius 2 is 0.961 bits per heavy atom. The number of hydrogen-bond donors (Lipinski definition) is 6. The van der Waals surface area contributed by atoms with Crippen LogP contribution in [0.4, 0.5) is 0 Å². The number of allylic oxidation sites excluding steroid dienone is 2. The highest BCUT2D eigenvalue weighted by Gasteiger charge is 2.47. The van der Waals surface area contributed by atoms with Crippen molar-refractivity contribution in [3.8, 4) is 0 Å². The van der Waals surface area contributed by atoms with Gasteiger partial charge in [0.15, 0.2) is 0 Å². The molecule has 0 aliphatic carbocycles. The molecule has 0 spiro atoms. The number of nitrogens with one attached hydrogen (secondary N) is 4. The fraction of sp³-hybridized carbons (Fsp3) is 0.829. The first kappa shape index (κ1) is 94.2. The zero-order valence-corrected chi connectivity index (χ0v) is 68.8. The number of likely N-dealkylation sites (N-methyl/N-ethyl adjacent to an activating group) is 7. The summed E-state index contributed by atoms with van der Waals surface area (Å²) in [4.78, 5) is 177. The van der Waals surface area contributed by atoms with Gasteiger partial charge in [0, 0.05) is 74.6 Å². The average molecular weight is 1460 g/mol. The lowest BCUT2D eigenvalue weighted by Crippen LogP contribution is -2.64. The third-order valence-corrected chi connectivity index (χ3v) is 20.4. The first-order chi connectivity index (χ1) is 47.1. The fourth-order valence-corrected chi connectivity index (χ4v) is 14.3. The normalized spacial score (nSPS) is 25.5. The monoisotopic (exact) mass is 1460 g/mol. The first-order valence-corrected chi connectivity index (χ1v) is 38.7. The zero-order chi connectivity index (χ0) is 78.9. The molecule has 1 aliphatic heterocycles. The molecule has 588 valence electrons. The van der Waals surface area contributed by atoms with E-state index in [4.69, 9.17) is 0 Å². The smallest absolute Gasteiger partial charge is 0.246 e. The number of thioether (sulfide) groups is 1. The van der Waals surface area contributed by atoms with Crippen LogP contribution in [-0.4, -0.2) is 273 Å². The highest BCUT2D eigenvalue weighted by molar-refractivity contribution is 7.99. The van der Waals surface area contributed by atoms with Gasteiger partial charge >= 0.3 is 0 Å². The Morgan fingerprint density at radius 1 is 0.500 bits per heavy atom. The van der Waals surface area contributed by atoms with Gasteiger partial charge in [0.05, 0.1) is 11.7 Å². The molecular formula is C76H140N12O13S. The van der Waals surface area contributed by atoms with E-state index in [1.165, 1.54) is 118 Å². The van der Waals surface area contributed by atoms with Crippen molar-refractivity contribution in [2.24, 2.45) is 47.3 Å². The quantitative estimate of drug-likeness (QED) is 0.0390. The molecule has 6 N–H and O–H groups in total. The number of carbonyl (C=O) groups excluding carboxylic acids is 11. The van der Waals surface area contributed by atoms with Crippen LogP contribution in [0.2, 0.25) is 0 Å². The summed E-state index contributed by atoms with van der Waals surface area (Å²) in [6.45, 7) is 40.8. The van der Waals surface area contributed by atoms with Crippen molar-refractivity contribution in [2.45, 2.75) is 281 Å². The Balaban J connectivity index is 4.59. The van der Waals surface area contributed by atoms with E-state index in [0.717, 1.165) is 37.4 Å². The lowest BCUT2D eigenvalue weighted by Gasteiger charge is -2.41. The van der Waals surface area contributed by atoms with Gasteiger partial charge in [-0.25, -0.2) is 0 Å². The van der Waals surface area contributed by atoms with Crippen LogP contribution in [0.5, 0.6) is 0 Å². The minimum Gasteiger partial charge on any atom is -0.390 e. The van der Waals surface area contributed by atoms with Crippen LogP contribution in [-0.2, 0) is 52.7 Å². The van der Waals surface area contributed by atoms with Gasteiger partial charge in [-0.05, 0) is 146 Å². The zero-order valence-electron chi connectivity index (χ0n) is 68.0. The topological polar surface area (TPSA) is 302 Å². The molecule has 26 heteroatoms. The molecule has 0 radical (unpaired) electrons. The van der Waals surface area contributed by atoms with Crippen molar-refractivity contribution in [1.82, 2.24) is 60.5 Å². The highest BCUT2D eigenvalue weighted by Crippen LogP contribution is 2.27. The van der Waals surface area contributed by atoms with E-state index >= 15 is 38.4 Å². The first-order valence-electron chi connectivity index (χ1n) is 37.5. The van der Waals surface area contributed by atoms with E-state index in [1.807, 2.05) is 54.5 Å². The lowest BCUT2D eigenvalue weighted by molar-refractivity contribution is -0.157. The van der Waals surface area contributed by atoms with Gasteiger partial charge in [0.1, 0.15) is 66.5 Å². The van der Waals surface area contributed by atoms with Crippen LogP contribution >= 0.6 is 11.8 Å². The Hall–Kier alpha value is -5.86. The summed E-state index contributed by atoms with van der Waals surface area (Å²) in [5.74, 6) is -8.39. The number of aliphatic hydroxyl groups is 2. The van der Waals surface area contributed by atoms with Gasteiger partial charge in [-0.1, -0.05) is 123 Å². The van der Waals surface area contributed by atoms with E-state index in [9.17, 15) is 24.6 Å². The van der Waals surface area contributed by atoms with E-state index in [0.29, 0.717) is 24.0 Å². The van der Waals surface area contributed by atoms with Crippen LogP contribution in [0.1, 0.15) is 203 Å². The maximum atomic E-state index is 15.6. The summed E-state index contributed by atoms with van der Waals surface area (Å²) >= 11 is 1.44. The third kappa shape index (κ3) is 29.2. The molecule has 1 aliphatic rings. The van der Waals surface area contributed by atoms with Crippen LogP contribution in [0, 0.1) is 47.3 Å². The molecule has 1 fully saturated rings. The second kappa shape index (κ2) is 44.2. The highest BCUT2D eigenvalue weighted by atomic mass is 32.2. The van der Waals surface area contributed by atoms with Crippen molar-refractivity contribution in [2.75, 3.05) is 80.5 Å². The molecule has 1 saturated heterocycles. The molecular weight excluding hydrogens is 1320 g/mol. The number of hydrogen-bond acceptors (Lipinski definition) is 15. The molecule has 0 aromatic carbocycles. The molecule has 102 heavy (non-hydrogen) atoms. The van der Waals surface area contributed by atoms with Gasteiger partial charge < -0.3 is 70.7 Å². The van der Waals surface area contributed by atoms with Gasteiger partial charge in [0.25, 0.3) is 0 Å². The summed E-state index contributed by atoms with van der Waals surface area (Å²) in [6.07, 6.45) is 4.51. The minimum absolute atomic E-state index is 0.0240. The van der Waals surface area contributed by atoms with Crippen LogP contribution in [0.25, 0.3) is 0 Å². The lowest BCUT2D eigenvalue weighted by atomic mass is 9.91. The maximum Gasteiger partial charge on any atom is 0.246 e. The summed E-state index contributed by atoms with van der Waals surface area (Å²) in [6, 6.07) is -14.4. The number of rotatable bonds is 27. The largest absolute Gasteiger partial charge is 0.390 e. The molecule has 0 unspecified atom stereocenters. The molecule has 1 rings (SSSR count). The molecule has 13 atom stereocenters. The van der Waals surface area contributed by atoms with E-state index < -0.39 is 161 Å². The number of amides is 11. The van der Waals surface area contributed by atoms with E-state index in [2.05, 4.69) is 53.9 Å². The average Bonchev–Trinajstić information content (AvgIpc) is 0.798. The Morgan fingerprint density at radius 3 is 1.43 bits per heavy atom. The van der Waals surface area contributed by atoms with Crippen molar-refractivity contribution in [3.05, 3.63) is 12.2 Å². The van der Waals surface area contributed by atoms with Gasteiger partial charge in [0.2, 0.25) is 65.0 Å². The van der Waals surface area contributed by atoms with Crippen molar-refractivity contribution < 1.29 is 63.0 Å². The number of carbonyl (C=O) groups is 11. The molecule has 0 aromatic heterocycles. The van der Waals surface area contributed by atoms with Crippen molar-refractivity contribution in [1.29, 1.82) is 0 Å². The molecule has 0 bridgehead atoms. The number of nitrogens with zero attached hydrogens (tertiary/aromatic N) is 8. The SMILES string of the molecule is C/C=C/C[C@@H](C)[C@@H](O)[C@H]1C(=O)N[C@H](CC)C(=O)N(C)[C@H](CSCCCCN(CC(C)C)CC(C)C)C(=O)N(C)[C@@H](CC(C)(C)O)C(=O)N[C@H](C(C)C)C(=O)N(C)[C@H](CCC(C)C)C(=O)N[C@H](C)C(=O)N[C@@H](C)C(=O)N(C)[C@@H](CC(C)C)C(=O)N(C)[C@H](CC(C)C)C(=O)N(C)[C@H](C(C)C)C(=O)N1C. The van der Waals surface area contributed by atoms with Crippen LogP contribution in [0.3, 0.4) is 0 Å². The van der Waals surface area contributed by atoms with Gasteiger partial charge in [-0.15, -0.1) is 0 Å². The summed E-state index contributed by atoms with van der Waals surface area (Å²) in [5, 5.41) is 35.1. The van der Waals surface area contributed by atoms with Gasteiger partial charge in [-0.3, -0.25) is 52.7 Å². The predicted octanol–water partition coefficient (Wildman–Crippen LogP) is 6.27. The fourth-order valence-electron chi connectivity index (χ4n) is 13.1. The summed E-state index contributed by atoms with van der Waals surface area (Å²) in [7, 11) is 9.98. The predicted molar refractivity (Wildman–Crippen MR) is 406 cm³/mol. The molecule has 0 aromatic rings. The van der Waals surface area contributed by atoms with E-state index in [-0.39, 0.29) is 62.0 Å². The molecule has 11 amide bonds. The van der Waals surface area contributed by atoms with Crippen molar-refractivity contribution >= 4 is 76.7 Å². The Kier molecular flexibility index (Phi) is 40.8. The minimum atomic E-state index is -1.66. The number of unbranched alkanes of at least 4 members (excludes halogenated alkanes) is 1. The second-order valence-electron chi connectivity index (χ2n) is 32.4. The third-order valence-electron chi connectivity index (χ3n) is 19.2. The Bertz CT molecular complexity index is 2730. The summed E-state index contributed by atoms with van der Waals surface area (Å²) in [5.41, 5.74) is -1.59. The van der Waals surface area contributed by atoms with Crippen LogP contribution < -0.4 is 21.3 Å². The number of aliphatic hydroxyl groups excluding tert-OH is 1. The second-order valence-corrected chi connectivity index (χ2v) is 33.5.